The van der Waals surface area contributed by atoms with E-state index in [1.165, 1.54) is 31.2 Å². The van der Waals surface area contributed by atoms with Gasteiger partial charge in [-0.15, -0.1) is 0 Å². The average Bonchev–Trinajstić information content (AvgIpc) is 2.60. The second-order valence-electron chi connectivity index (χ2n) is 6.11. The van der Waals surface area contributed by atoms with Crippen molar-refractivity contribution in [2.24, 2.45) is 0 Å². The van der Waals surface area contributed by atoms with Crippen LogP contribution in [-0.4, -0.2) is 15.9 Å². The largest absolute Gasteiger partial charge is 0.507 e. The van der Waals surface area contributed by atoms with Gasteiger partial charge in [-0.1, -0.05) is 11.6 Å². The molecule has 0 aliphatic rings. The molecule has 0 spiro atoms. The molecular weight excluding hydrogens is 395 g/mol. The first kappa shape index (κ1) is 19.7. The van der Waals surface area contributed by atoms with E-state index in [0.717, 1.165) is 24.3 Å². The van der Waals surface area contributed by atoms with Crippen LogP contribution in [0.25, 0.3) is 28.1 Å². The Morgan fingerprint density at radius 1 is 1.18 bits per heavy atom. The lowest BCUT2D eigenvalue weighted by atomic mass is 9.94. The van der Waals surface area contributed by atoms with Gasteiger partial charge in [-0.25, -0.2) is 0 Å². The highest BCUT2D eigenvalue weighted by atomic mass is 35.5. The molecule has 1 heterocycles. The number of aromatic nitrogens is 1. The van der Waals surface area contributed by atoms with Gasteiger partial charge in [0.05, 0.1) is 5.56 Å². The Kier molecular flexibility index (Phi) is 5.04. The molecular formula is C20H13ClF3NO3. The zero-order chi connectivity index (χ0) is 20.6. The van der Waals surface area contributed by atoms with Gasteiger partial charge in [-0.05, 0) is 55.5 Å². The van der Waals surface area contributed by atoms with Crippen molar-refractivity contribution in [3.05, 3.63) is 69.0 Å². The zero-order valence-electron chi connectivity index (χ0n) is 14.4. The summed E-state index contributed by atoms with van der Waals surface area (Å²) in [7, 11) is 0. The fourth-order valence-corrected chi connectivity index (χ4v) is 3.02. The smallest absolute Gasteiger partial charge is 0.416 e. The lowest BCUT2D eigenvalue weighted by Gasteiger charge is -2.14. The van der Waals surface area contributed by atoms with Gasteiger partial charge < -0.3 is 10.1 Å². The molecule has 8 heteroatoms. The molecule has 0 saturated heterocycles. The maximum Gasteiger partial charge on any atom is 0.416 e. The van der Waals surface area contributed by atoms with Gasteiger partial charge in [0.25, 0.3) is 5.56 Å². The number of ketones is 1. The van der Waals surface area contributed by atoms with Crippen molar-refractivity contribution in [2.75, 3.05) is 0 Å². The second kappa shape index (κ2) is 7.16. The van der Waals surface area contributed by atoms with E-state index in [9.17, 15) is 27.9 Å². The summed E-state index contributed by atoms with van der Waals surface area (Å²) in [5.41, 5.74) is -1.35. The topological polar surface area (TPSA) is 70.2 Å². The van der Waals surface area contributed by atoms with Crippen molar-refractivity contribution >= 4 is 34.4 Å². The van der Waals surface area contributed by atoms with Gasteiger partial charge in [0.1, 0.15) is 5.75 Å². The number of hydrogen-bond donors (Lipinski definition) is 2. The Morgan fingerprint density at radius 3 is 2.54 bits per heavy atom. The van der Waals surface area contributed by atoms with Crippen LogP contribution in [0, 0.1) is 0 Å². The molecule has 2 aromatic carbocycles. The first-order valence-electron chi connectivity index (χ1n) is 8.02. The lowest BCUT2D eigenvalue weighted by molar-refractivity contribution is -0.137. The third kappa shape index (κ3) is 3.80. The predicted molar refractivity (Wildman–Crippen MR) is 101 cm³/mol. The van der Waals surface area contributed by atoms with E-state index in [2.05, 4.69) is 4.98 Å². The highest BCUT2D eigenvalue weighted by Crippen LogP contribution is 2.39. The predicted octanol–water partition coefficient (Wildman–Crippen LogP) is 5.18. The number of hydrogen-bond acceptors (Lipinski definition) is 3. The van der Waals surface area contributed by atoms with Crippen molar-refractivity contribution in [3.8, 4) is 16.9 Å². The number of phenols is 1. The number of nitrogens with one attached hydrogen (secondary N) is 1. The minimum Gasteiger partial charge on any atom is -0.507 e. The lowest BCUT2D eigenvalue weighted by Crippen LogP contribution is -2.13. The first-order chi connectivity index (χ1) is 13.1. The number of phenolic OH excluding ortho intramolecular Hbond substituents is 1. The van der Waals surface area contributed by atoms with E-state index < -0.39 is 17.3 Å². The molecule has 3 aromatic rings. The van der Waals surface area contributed by atoms with E-state index in [-0.39, 0.29) is 44.1 Å². The number of rotatable bonds is 3. The van der Waals surface area contributed by atoms with Crippen LogP contribution in [0.3, 0.4) is 0 Å². The summed E-state index contributed by atoms with van der Waals surface area (Å²) in [6, 6.07) is 6.90. The number of aromatic hydroxyl groups is 1. The molecule has 0 bridgehead atoms. The average molecular weight is 408 g/mol. The van der Waals surface area contributed by atoms with Crippen molar-refractivity contribution in [1.82, 2.24) is 4.98 Å². The number of allylic oxidation sites excluding steroid dienone is 1. The van der Waals surface area contributed by atoms with Gasteiger partial charge in [0.15, 0.2) is 5.78 Å². The summed E-state index contributed by atoms with van der Waals surface area (Å²) in [4.78, 5) is 26.4. The molecule has 0 saturated carbocycles. The van der Waals surface area contributed by atoms with Crippen LogP contribution in [0.4, 0.5) is 13.2 Å². The van der Waals surface area contributed by atoms with Gasteiger partial charge in [-0.3, -0.25) is 9.59 Å². The van der Waals surface area contributed by atoms with Crippen LogP contribution in [-0.2, 0) is 11.0 Å². The van der Waals surface area contributed by atoms with Gasteiger partial charge in [-0.2, -0.15) is 13.2 Å². The molecule has 0 amide bonds. The fraction of sp³-hybridized carbons (Fsp3) is 0.100. The van der Waals surface area contributed by atoms with E-state index >= 15 is 0 Å². The normalized spacial score (nSPS) is 12.0. The molecule has 28 heavy (non-hydrogen) atoms. The number of aromatic amines is 1. The number of fused-ring (bicyclic) bond motifs is 1. The third-order valence-corrected chi connectivity index (χ3v) is 4.33. The molecule has 0 unspecified atom stereocenters. The first-order valence-corrected chi connectivity index (χ1v) is 8.40. The fourth-order valence-electron chi connectivity index (χ4n) is 2.84. The molecule has 0 fully saturated rings. The van der Waals surface area contributed by atoms with Crippen LogP contribution in [0.5, 0.6) is 5.75 Å². The van der Waals surface area contributed by atoms with Crippen LogP contribution in [0.1, 0.15) is 18.1 Å². The van der Waals surface area contributed by atoms with E-state index in [4.69, 9.17) is 11.6 Å². The molecule has 0 aliphatic carbocycles. The number of alkyl halides is 3. The number of pyridine rings is 1. The van der Waals surface area contributed by atoms with E-state index in [1.54, 1.807) is 0 Å². The molecule has 0 atom stereocenters. The summed E-state index contributed by atoms with van der Waals surface area (Å²) in [5.74, 6) is -0.629. The highest BCUT2D eigenvalue weighted by Gasteiger charge is 2.31. The number of carbonyl (C=O) groups is 1. The number of H-pyrrole nitrogens is 1. The molecule has 1 aromatic heterocycles. The highest BCUT2D eigenvalue weighted by molar-refractivity contribution is 6.31. The van der Waals surface area contributed by atoms with Crippen molar-refractivity contribution in [3.63, 3.8) is 0 Å². The number of carbonyl (C=O) groups excluding carboxylic acids is 1. The van der Waals surface area contributed by atoms with Crippen LogP contribution in [0.2, 0.25) is 5.02 Å². The Bertz CT molecular complexity index is 1180. The van der Waals surface area contributed by atoms with Crippen LogP contribution >= 0.6 is 11.6 Å². The molecule has 144 valence electrons. The standard InChI is InChI=1S/C20H13ClF3NO3/c1-10(26)2-5-13-18(15-9-12(21)4-7-17(15)27)14-8-11(20(22,23)24)3-6-16(14)25-19(13)28/h2-9,27H,1H3,(H,25,28). The second-order valence-corrected chi connectivity index (χ2v) is 6.54. The number of benzene rings is 2. The molecule has 3 rings (SSSR count). The Morgan fingerprint density at radius 2 is 1.89 bits per heavy atom. The summed E-state index contributed by atoms with van der Waals surface area (Å²) >= 11 is 5.99. The Labute approximate surface area is 161 Å². The van der Waals surface area contributed by atoms with E-state index in [0.29, 0.717) is 0 Å². The van der Waals surface area contributed by atoms with Crippen molar-refractivity contribution in [2.45, 2.75) is 13.1 Å². The Hall–Kier alpha value is -3.06. The van der Waals surface area contributed by atoms with Crippen LogP contribution in [0.15, 0.2) is 47.3 Å². The minimum absolute atomic E-state index is 0.0438. The summed E-state index contributed by atoms with van der Waals surface area (Å²) in [6.45, 7) is 1.27. The number of halogens is 4. The molecule has 4 nitrogen and oxygen atoms in total. The van der Waals surface area contributed by atoms with Gasteiger partial charge in [0.2, 0.25) is 0 Å². The summed E-state index contributed by atoms with van der Waals surface area (Å²) in [5, 5.41) is 10.6. The third-order valence-electron chi connectivity index (χ3n) is 4.09. The van der Waals surface area contributed by atoms with Gasteiger partial charge in [0, 0.05) is 32.6 Å². The minimum atomic E-state index is -4.60. The Balaban J connectivity index is 2.50. The SMILES string of the molecule is CC(=O)C=Cc1c(-c2cc(Cl)ccc2O)c2cc(C(F)(F)F)ccc2[nH]c1=O. The molecule has 0 radical (unpaired) electrons. The van der Waals surface area contributed by atoms with Crippen molar-refractivity contribution < 1.29 is 23.1 Å². The van der Waals surface area contributed by atoms with Crippen molar-refractivity contribution in [1.29, 1.82) is 0 Å². The maximum absolute atomic E-state index is 13.2. The van der Waals surface area contributed by atoms with E-state index in [1.807, 2.05) is 0 Å². The summed E-state index contributed by atoms with van der Waals surface area (Å²) < 4.78 is 39.7. The van der Waals surface area contributed by atoms with Gasteiger partial charge >= 0.3 is 6.18 Å². The quantitative estimate of drug-likeness (QED) is 0.588. The maximum atomic E-state index is 13.2. The molecule has 0 aliphatic heterocycles. The van der Waals surface area contributed by atoms with Crippen LogP contribution < -0.4 is 5.56 Å². The summed E-state index contributed by atoms with van der Waals surface area (Å²) in [6.07, 6.45) is -2.28. The molecule has 2 N–H and O–H groups in total. The monoisotopic (exact) mass is 407 g/mol. The zero-order valence-corrected chi connectivity index (χ0v) is 15.2.